The average molecular weight is 339 g/mol. The summed E-state index contributed by atoms with van der Waals surface area (Å²) in [4.78, 5) is 0. The van der Waals surface area contributed by atoms with E-state index in [4.69, 9.17) is 16.3 Å². The summed E-state index contributed by atoms with van der Waals surface area (Å²) in [5.74, 6) is 1.66. The van der Waals surface area contributed by atoms with Gasteiger partial charge in [-0.15, -0.1) is 0 Å². The monoisotopic (exact) mass is 338 g/mol. The molecule has 3 nitrogen and oxygen atoms in total. The van der Waals surface area contributed by atoms with Crippen molar-refractivity contribution >= 4 is 23.0 Å². The lowest BCUT2D eigenvalue weighted by Gasteiger charge is -2.11. The third-order valence-corrected chi connectivity index (χ3v) is 3.81. The van der Waals surface area contributed by atoms with Crippen LogP contribution in [0.1, 0.15) is 0 Å². The maximum atomic E-state index is 6.11. The molecule has 0 atom stereocenters. The zero-order chi connectivity index (χ0) is 16.6. The minimum atomic E-state index is 0.736. The SMILES string of the molecule is Clc1ccccc1NCCNc1ccc(Oc2ccccc2)cc1. The summed E-state index contributed by atoms with van der Waals surface area (Å²) in [5.41, 5.74) is 2.00. The molecule has 122 valence electrons. The van der Waals surface area contributed by atoms with E-state index in [1.165, 1.54) is 0 Å². The molecule has 4 heteroatoms. The van der Waals surface area contributed by atoms with E-state index in [0.29, 0.717) is 0 Å². The predicted octanol–water partition coefficient (Wildman–Crippen LogP) is 5.66. The molecule has 0 saturated heterocycles. The standard InChI is InChI=1S/C20H19ClN2O/c21-19-8-4-5-9-20(19)23-15-14-22-16-10-12-18(13-11-16)24-17-6-2-1-3-7-17/h1-13,22-23H,14-15H2. The third-order valence-electron chi connectivity index (χ3n) is 3.48. The number of rotatable bonds is 7. The first-order valence-corrected chi connectivity index (χ1v) is 8.24. The highest BCUT2D eigenvalue weighted by atomic mass is 35.5. The molecule has 0 aliphatic heterocycles. The van der Waals surface area contributed by atoms with Crippen molar-refractivity contribution in [1.29, 1.82) is 0 Å². The second kappa shape index (κ2) is 8.27. The van der Waals surface area contributed by atoms with E-state index in [1.54, 1.807) is 0 Å². The molecular weight excluding hydrogens is 320 g/mol. The third kappa shape index (κ3) is 4.67. The Morgan fingerprint density at radius 1 is 0.667 bits per heavy atom. The summed E-state index contributed by atoms with van der Waals surface area (Å²) in [6, 6.07) is 25.4. The molecular formula is C20H19ClN2O. The number of para-hydroxylation sites is 2. The summed E-state index contributed by atoms with van der Waals surface area (Å²) in [7, 11) is 0. The van der Waals surface area contributed by atoms with Crippen molar-refractivity contribution in [3.8, 4) is 11.5 Å². The molecule has 0 fully saturated rings. The van der Waals surface area contributed by atoms with Gasteiger partial charge in [0.1, 0.15) is 11.5 Å². The molecule has 0 aromatic heterocycles. The fourth-order valence-corrected chi connectivity index (χ4v) is 2.48. The Hall–Kier alpha value is -2.65. The van der Waals surface area contributed by atoms with Gasteiger partial charge in [-0.3, -0.25) is 0 Å². The van der Waals surface area contributed by atoms with Crippen LogP contribution in [0.2, 0.25) is 5.02 Å². The van der Waals surface area contributed by atoms with E-state index in [9.17, 15) is 0 Å². The van der Waals surface area contributed by atoms with Gasteiger partial charge in [-0.25, -0.2) is 0 Å². The first-order valence-electron chi connectivity index (χ1n) is 7.86. The summed E-state index contributed by atoms with van der Waals surface area (Å²) < 4.78 is 5.78. The quantitative estimate of drug-likeness (QED) is 0.545. The summed E-state index contributed by atoms with van der Waals surface area (Å²) in [6.45, 7) is 1.58. The molecule has 0 saturated carbocycles. The highest BCUT2D eigenvalue weighted by Crippen LogP contribution is 2.23. The molecule has 0 amide bonds. The highest BCUT2D eigenvalue weighted by Gasteiger charge is 1.99. The van der Waals surface area contributed by atoms with Gasteiger partial charge in [-0.1, -0.05) is 41.9 Å². The maximum Gasteiger partial charge on any atom is 0.127 e. The van der Waals surface area contributed by atoms with Crippen molar-refractivity contribution in [1.82, 2.24) is 0 Å². The van der Waals surface area contributed by atoms with Crippen LogP contribution in [0.15, 0.2) is 78.9 Å². The molecule has 0 spiro atoms. The topological polar surface area (TPSA) is 33.3 Å². The molecule has 0 radical (unpaired) electrons. The van der Waals surface area contributed by atoms with Gasteiger partial charge in [-0.2, -0.15) is 0 Å². The Balaban J connectivity index is 1.45. The first-order chi connectivity index (χ1) is 11.8. The molecule has 3 aromatic carbocycles. The van der Waals surface area contributed by atoms with Crippen molar-refractivity contribution in [2.45, 2.75) is 0 Å². The van der Waals surface area contributed by atoms with E-state index in [2.05, 4.69) is 10.6 Å². The molecule has 3 aromatic rings. The van der Waals surface area contributed by atoms with Crippen LogP contribution in [0.25, 0.3) is 0 Å². The van der Waals surface area contributed by atoms with Crippen molar-refractivity contribution in [2.75, 3.05) is 23.7 Å². The van der Waals surface area contributed by atoms with E-state index in [1.807, 2.05) is 78.9 Å². The van der Waals surface area contributed by atoms with E-state index < -0.39 is 0 Å². The number of halogens is 1. The predicted molar refractivity (Wildman–Crippen MR) is 101 cm³/mol. The van der Waals surface area contributed by atoms with Crippen molar-refractivity contribution in [3.05, 3.63) is 83.9 Å². The Morgan fingerprint density at radius 3 is 2.04 bits per heavy atom. The van der Waals surface area contributed by atoms with E-state index >= 15 is 0 Å². The minimum Gasteiger partial charge on any atom is -0.457 e. The van der Waals surface area contributed by atoms with Gasteiger partial charge in [0.15, 0.2) is 0 Å². The van der Waals surface area contributed by atoms with Gasteiger partial charge in [0.05, 0.1) is 10.7 Å². The van der Waals surface area contributed by atoms with Crippen LogP contribution in [0.5, 0.6) is 11.5 Å². The van der Waals surface area contributed by atoms with Crippen LogP contribution in [-0.4, -0.2) is 13.1 Å². The van der Waals surface area contributed by atoms with Gasteiger partial charge >= 0.3 is 0 Å². The van der Waals surface area contributed by atoms with Crippen LogP contribution in [0.3, 0.4) is 0 Å². The minimum absolute atomic E-state index is 0.736. The van der Waals surface area contributed by atoms with Crippen LogP contribution in [-0.2, 0) is 0 Å². The van der Waals surface area contributed by atoms with Gasteiger partial charge in [0.25, 0.3) is 0 Å². The number of anilines is 2. The molecule has 0 bridgehead atoms. The molecule has 0 unspecified atom stereocenters. The summed E-state index contributed by atoms with van der Waals surface area (Å²) in [5, 5.41) is 7.41. The molecule has 0 aliphatic carbocycles. The zero-order valence-corrected chi connectivity index (χ0v) is 14.0. The smallest absolute Gasteiger partial charge is 0.127 e. The van der Waals surface area contributed by atoms with Gasteiger partial charge in [0, 0.05) is 18.8 Å². The largest absolute Gasteiger partial charge is 0.457 e. The summed E-state index contributed by atoms with van der Waals surface area (Å²) >= 11 is 6.11. The van der Waals surface area contributed by atoms with Gasteiger partial charge in [-0.05, 0) is 48.5 Å². The Labute approximate surface area is 147 Å². The second-order valence-electron chi connectivity index (χ2n) is 5.27. The second-order valence-corrected chi connectivity index (χ2v) is 5.68. The highest BCUT2D eigenvalue weighted by molar-refractivity contribution is 6.33. The first kappa shape index (κ1) is 16.2. The number of ether oxygens (including phenoxy) is 1. The molecule has 24 heavy (non-hydrogen) atoms. The zero-order valence-electron chi connectivity index (χ0n) is 13.2. The van der Waals surface area contributed by atoms with Crippen LogP contribution in [0, 0.1) is 0 Å². The maximum absolute atomic E-state index is 6.11. The van der Waals surface area contributed by atoms with E-state index in [-0.39, 0.29) is 0 Å². The van der Waals surface area contributed by atoms with Crippen LogP contribution in [0.4, 0.5) is 11.4 Å². The fourth-order valence-electron chi connectivity index (χ4n) is 2.27. The Kier molecular flexibility index (Phi) is 5.59. The average Bonchev–Trinajstić information content (AvgIpc) is 2.62. The number of hydrogen-bond acceptors (Lipinski definition) is 3. The van der Waals surface area contributed by atoms with Crippen LogP contribution < -0.4 is 15.4 Å². The Bertz CT molecular complexity index is 760. The number of hydrogen-bond donors (Lipinski definition) is 2. The normalized spacial score (nSPS) is 10.2. The fraction of sp³-hybridized carbons (Fsp3) is 0.100. The molecule has 2 N–H and O–H groups in total. The van der Waals surface area contributed by atoms with Gasteiger partial charge < -0.3 is 15.4 Å². The molecule has 0 heterocycles. The summed E-state index contributed by atoms with van der Waals surface area (Å²) in [6.07, 6.45) is 0. The van der Waals surface area contributed by atoms with E-state index in [0.717, 1.165) is 41.0 Å². The number of nitrogens with one attached hydrogen (secondary N) is 2. The molecule has 0 aliphatic rings. The van der Waals surface area contributed by atoms with Crippen LogP contribution >= 0.6 is 11.6 Å². The van der Waals surface area contributed by atoms with Gasteiger partial charge in [0.2, 0.25) is 0 Å². The van der Waals surface area contributed by atoms with Crippen molar-refractivity contribution in [3.63, 3.8) is 0 Å². The lowest BCUT2D eigenvalue weighted by molar-refractivity contribution is 0.483. The lowest BCUT2D eigenvalue weighted by atomic mass is 10.3. The number of benzene rings is 3. The van der Waals surface area contributed by atoms with Crippen molar-refractivity contribution in [2.24, 2.45) is 0 Å². The Morgan fingerprint density at radius 2 is 1.29 bits per heavy atom. The molecule has 3 rings (SSSR count). The van der Waals surface area contributed by atoms with Crippen molar-refractivity contribution < 1.29 is 4.74 Å². The lowest BCUT2D eigenvalue weighted by Crippen LogP contribution is -2.13.